The first-order valence-electron chi connectivity index (χ1n) is 9.99. The lowest BCUT2D eigenvalue weighted by Gasteiger charge is -2.04. The lowest BCUT2D eigenvalue weighted by molar-refractivity contribution is 0.574. The maximum absolute atomic E-state index is 13.2. The molecule has 10 heteroatoms. The lowest BCUT2D eigenvalue weighted by Crippen LogP contribution is -2.16. The molecule has 4 rings (SSSR count). The molecule has 0 unspecified atom stereocenters. The third-order valence-electron chi connectivity index (χ3n) is 4.61. The number of rotatable bonds is 10. The highest BCUT2D eigenvalue weighted by Gasteiger charge is 2.13. The Labute approximate surface area is 183 Å². The fourth-order valence-electron chi connectivity index (χ4n) is 3.06. The van der Waals surface area contributed by atoms with Crippen LogP contribution >= 0.6 is 11.8 Å². The number of nitrogens with one attached hydrogen (secondary N) is 1. The third kappa shape index (κ3) is 5.74. The summed E-state index contributed by atoms with van der Waals surface area (Å²) < 4.78 is 14.9. The van der Waals surface area contributed by atoms with E-state index in [1.165, 1.54) is 12.1 Å². The summed E-state index contributed by atoms with van der Waals surface area (Å²) in [6, 6.07) is 16.4. The van der Waals surface area contributed by atoms with Gasteiger partial charge in [0.05, 0.1) is 6.54 Å². The van der Waals surface area contributed by atoms with Crippen LogP contribution < -0.4 is 5.32 Å². The second-order valence-electron chi connectivity index (χ2n) is 6.98. The monoisotopic (exact) mass is 438 g/mol. The van der Waals surface area contributed by atoms with Crippen molar-refractivity contribution in [3.05, 3.63) is 71.7 Å². The van der Waals surface area contributed by atoms with Gasteiger partial charge in [-0.05, 0) is 41.1 Å². The molecule has 2 aromatic heterocycles. The average Bonchev–Trinajstić information content (AvgIpc) is 3.38. The largest absolute Gasteiger partial charge is 0.311 e. The Morgan fingerprint density at radius 1 is 1.03 bits per heavy atom. The Bertz CT molecular complexity index is 1090. The van der Waals surface area contributed by atoms with Gasteiger partial charge in [0.1, 0.15) is 17.2 Å². The lowest BCUT2D eigenvalue weighted by atomic mass is 10.1. The van der Waals surface area contributed by atoms with E-state index in [9.17, 15) is 4.39 Å². The molecule has 160 valence electrons. The number of thioether (sulfide) groups is 1. The van der Waals surface area contributed by atoms with Crippen molar-refractivity contribution >= 4 is 11.8 Å². The molecule has 0 spiro atoms. The summed E-state index contributed by atoms with van der Waals surface area (Å²) in [6.07, 6.45) is 0.974. The Balaban J connectivity index is 1.37. The molecule has 0 saturated heterocycles. The van der Waals surface area contributed by atoms with Crippen LogP contribution in [-0.4, -0.2) is 47.5 Å². The van der Waals surface area contributed by atoms with Gasteiger partial charge in [-0.2, -0.15) is 15.0 Å². The summed E-state index contributed by atoms with van der Waals surface area (Å²) >= 11 is 1.63. The molecule has 4 aromatic rings. The molecule has 0 bridgehead atoms. The Morgan fingerprint density at radius 3 is 2.58 bits per heavy atom. The van der Waals surface area contributed by atoms with Crippen molar-refractivity contribution in [3.63, 3.8) is 0 Å². The quantitative estimate of drug-likeness (QED) is 0.301. The second kappa shape index (κ2) is 10.3. The molecule has 8 nitrogen and oxygen atoms in total. The summed E-state index contributed by atoms with van der Waals surface area (Å²) in [5.41, 5.74) is 3.72. The van der Waals surface area contributed by atoms with E-state index in [-0.39, 0.29) is 5.82 Å². The Hall–Kier alpha value is -3.11. The molecule has 0 radical (unpaired) electrons. The van der Waals surface area contributed by atoms with Crippen LogP contribution in [0.4, 0.5) is 4.39 Å². The van der Waals surface area contributed by atoms with Crippen LogP contribution in [0.2, 0.25) is 0 Å². The molecule has 31 heavy (non-hydrogen) atoms. The fraction of sp³-hybridized carbons (Fsp3) is 0.286. The van der Waals surface area contributed by atoms with E-state index in [2.05, 4.69) is 25.9 Å². The number of aromatic nitrogens is 7. The van der Waals surface area contributed by atoms with Crippen molar-refractivity contribution in [2.24, 2.45) is 7.05 Å². The van der Waals surface area contributed by atoms with Gasteiger partial charge in [-0.1, -0.05) is 54.2 Å². The van der Waals surface area contributed by atoms with Gasteiger partial charge < -0.3 is 5.32 Å². The SMILES string of the molecule is Cn1nnnc1SCCCNCc1nn(Cc2ccc(F)cc2)nc1-c1ccccc1. The molecule has 2 heterocycles. The maximum Gasteiger partial charge on any atom is 0.209 e. The van der Waals surface area contributed by atoms with Crippen LogP contribution in [0, 0.1) is 5.82 Å². The smallest absolute Gasteiger partial charge is 0.209 e. The molecule has 0 amide bonds. The van der Waals surface area contributed by atoms with Crippen LogP contribution in [0.25, 0.3) is 11.3 Å². The molecule has 0 atom stereocenters. The predicted molar refractivity (Wildman–Crippen MR) is 117 cm³/mol. The zero-order chi connectivity index (χ0) is 21.5. The van der Waals surface area contributed by atoms with Gasteiger partial charge in [0, 0.05) is 24.9 Å². The van der Waals surface area contributed by atoms with E-state index < -0.39 is 0 Å². The van der Waals surface area contributed by atoms with Gasteiger partial charge in [0.25, 0.3) is 0 Å². The first-order chi connectivity index (χ1) is 15.2. The van der Waals surface area contributed by atoms with Crippen molar-refractivity contribution in [3.8, 4) is 11.3 Å². The van der Waals surface area contributed by atoms with Crippen LogP contribution in [0.1, 0.15) is 17.7 Å². The number of aryl methyl sites for hydroxylation is 1. The molecule has 0 aliphatic carbocycles. The van der Waals surface area contributed by atoms with E-state index in [4.69, 9.17) is 5.10 Å². The Kier molecular flexibility index (Phi) is 7.00. The zero-order valence-electron chi connectivity index (χ0n) is 17.1. The number of hydrogen-bond acceptors (Lipinski definition) is 7. The molecular formula is C21H23FN8S. The summed E-state index contributed by atoms with van der Waals surface area (Å²) in [5.74, 6) is 0.671. The standard InChI is InChI=1S/C21H23FN8S/c1-29-21(24-27-28-29)31-13-5-12-23-14-19-20(17-6-3-2-4-7-17)26-30(25-19)15-16-8-10-18(22)11-9-16/h2-4,6-11,23H,5,12-15H2,1H3. The average molecular weight is 439 g/mol. The van der Waals surface area contributed by atoms with E-state index in [1.54, 1.807) is 33.4 Å². The molecule has 0 aliphatic heterocycles. The summed E-state index contributed by atoms with van der Waals surface area (Å²) in [4.78, 5) is 1.67. The van der Waals surface area contributed by atoms with Gasteiger partial charge in [-0.25, -0.2) is 9.07 Å². The minimum absolute atomic E-state index is 0.249. The number of benzene rings is 2. The van der Waals surface area contributed by atoms with Crippen molar-refractivity contribution in [2.75, 3.05) is 12.3 Å². The summed E-state index contributed by atoms with van der Waals surface area (Å²) in [6.45, 7) is 1.95. The van der Waals surface area contributed by atoms with Gasteiger partial charge in [-0.3, -0.25) is 0 Å². The third-order valence-corrected chi connectivity index (χ3v) is 5.71. The van der Waals surface area contributed by atoms with E-state index in [0.29, 0.717) is 13.1 Å². The van der Waals surface area contributed by atoms with Crippen molar-refractivity contribution in [1.29, 1.82) is 0 Å². The Morgan fingerprint density at radius 2 is 1.84 bits per heavy atom. The summed E-state index contributed by atoms with van der Waals surface area (Å²) in [5, 5.41) is 25.1. The number of hydrogen-bond donors (Lipinski definition) is 1. The van der Waals surface area contributed by atoms with Crippen LogP contribution in [0.5, 0.6) is 0 Å². The van der Waals surface area contributed by atoms with Crippen molar-refractivity contribution in [2.45, 2.75) is 24.7 Å². The molecular weight excluding hydrogens is 415 g/mol. The van der Waals surface area contributed by atoms with Crippen molar-refractivity contribution < 1.29 is 4.39 Å². The normalized spacial score (nSPS) is 11.2. The van der Waals surface area contributed by atoms with Gasteiger partial charge >= 0.3 is 0 Å². The molecule has 2 aromatic carbocycles. The highest BCUT2D eigenvalue weighted by Crippen LogP contribution is 2.20. The topological polar surface area (TPSA) is 86.3 Å². The minimum Gasteiger partial charge on any atom is -0.311 e. The number of tetrazole rings is 1. The minimum atomic E-state index is -0.249. The first-order valence-corrected chi connectivity index (χ1v) is 11.0. The van der Waals surface area contributed by atoms with Crippen LogP contribution in [0.15, 0.2) is 59.8 Å². The molecule has 0 fully saturated rings. The molecule has 1 N–H and O–H groups in total. The van der Waals surface area contributed by atoms with Gasteiger partial charge in [0.2, 0.25) is 5.16 Å². The molecule has 0 saturated carbocycles. The van der Waals surface area contributed by atoms with E-state index in [1.807, 2.05) is 37.4 Å². The first kappa shape index (κ1) is 21.1. The van der Waals surface area contributed by atoms with Gasteiger partial charge in [0.15, 0.2) is 0 Å². The highest BCUT2D eigenvalue weighted by atomic mass is 32.2. The maximum atomic E-state index is 13.2. The van der Waals surface area contributed by atoms with Gasteiger partial charge in [-0.15, -0.1) is 5.10 Å². The number of nitrogens with zero attached hydrogens (tertiary/aromatic N) is 7. The summed E-state index contributed by atoms with van der Waals surface area (Å²) in [7, 11) is 1.83. The predicted octanol–water partition coefficient (Wildman–Crippen LogP) is 2.93. The highest BCUT2D eigenvalue weighted by molar-refractivity contribution is 7.99. The zero-order valence-corrected chi connectivity index (χ0v) is 18.0. The van der Waals surface area contributed by atoms with Crippen molar-refractivity contribution in [1.82, 2.24) is 40.5 Å². The van der Waals surface area contributed by atoms with Crippen LogP contribution in [-0.2, 0) is 20.1 Å². The number of halogens is 1. The molecule has 0 aliphatic rings. The van der Waals surface area contributed by atoms with E-state index >= 15 is 0 Å². The second-order valence-corrected chi connectivity index (χ2v) is 8.04. The fourth-order valence-corrected chi connectivity index (χ4v) is 3.85. The van der Waals surface area contributed by atoms with E-state index in [0.717, 1.165) is 46.4 Å². The van der Waals surface area contributed by atoms with Crippen LogP contribution in [0.3, 0.4) is 0 Å².